The van der Waals surface area contributed by atoms with Gasteiger partial charge in [0.2, 0.25) is 0 Å². The van der Waals surface area contributed by atoms with Crippen molar-refractivity contribution < 1.29 is 9.84 Å². The molecule has 2 rings (SSSR count). The Hall–Kier alpha value is -0.420. The molecule has 16 heavy (non-hydrogen) atoms. The fourth-order valence-electron chi connectivity index (χ4n) is 1.92. The van der Waals surface area contributed by atoms with E-state index in [1.807, 2.05) is 24.4 Å². The summed E-state index contributed by atoms with van der Waals surface area (Å²) in [4.78, 5) is 1.02. The standard InChI is InChI=1S/C12H19NO2S/c1-12(14,11-3-2-8-16-11)9-13-10-4-6-15-7-5-10/h2-3,8,10,13-14H,4-7,9H2,1H3. The lowest BCUT2D eigenvalue weighted by Gasteiger charge is -2.28. The molecule has 3 nitrogen and oxygen atoms in total. The topological polar surface area (TPSA) is 41.5 Å². The van der Waals surface area contributed by atoms with E-state index >= 15 is 0 Å². The van der Waals surface area contributed by atoms with Gasteiger partial charge in [-0.25, -0.2) is 0 Å². The largest absolute Gasteiger partial charge is 0.383 e. The van der Waals surface area contributed by atoms with Crippen LogP contribution in [0, 0.1) is 0 Å². The van der Waals surface area contributed by atoms with Crippen LogP contribution in [-0.2, 0) is 10.3 Å². The zero-order valence-corrected chi connectivity index (χ0v) is 10.4. The molecule has 0 bridgehead atoms. The van der Waals surface area contributed by atoms with Crippen molar-refractivity contribution in [2.24, 2.45) is 0 Å². The van der Waals surface area contributed by atoms with Crippen molar-refractivity contribution in [1.82, 2.24) is 5.32 Å². The fourth-order valence-corrected chi connectivity index (χ4v) is 2.70. The van der Waals surface area contributed by atoms with E-state index in [0.717, 1.165) is 30.9 Å². The molecule has 1 unspecified atom stereocenters. The molecule has 0 aliphatic carbocycles. The second-order valence-corrected chi connectivity index (χ2v) is 5.47. The normalized spacial score (nSPS) is 21.9. The van der Waals surface area contributed by atoms with E-state index in [2.05, 4.69) is 5.32 Å². The molecule has 1 fully saturated rings. The predicted octanol–water partition coefficient (Wildman–Crippen LogP) is 1.72. The minimum absolute atomic E-state index is 0.486. The molecule has 4 heteroatoms. The molecule has 1 atom stereocenters. The number of nitrogens with one attached hydrogen (secondary N) is 1. The Labute approximate surface area is 100 Å². The SMILES string of the molecule is CC(O)(CNC1CCOCC1)c1cccs1. The maximum Gasteiger partial charge on any atom is 0.108 e. The van der Waals surface area contributed by atoms with Gasteiger partial charge >= 0.3 is 0 Å². The van der Waals surface area contributed by atoms with Gasteiger partial charge in [0.05, 0.1) is 0 Å². The van der Waals surface area contributed by atoms with Gasteiger partial charge in [0.25, 0.3) is 0 Å². The molecule has 0 spiro atoms. The van der Waals surface area contributed by atoms with Crippen molar-refractivity contribution in [2.45, 2.75) is 31.4 Å². The summed E-state index contributed by atoms with van der Waals surface area (Å²) in [6.45, 7) is 4.14. The zero-order chi connectivity index (χ0) is 11.4. The summed E-state index contributed by atoms with van der Waals surface area (Å²) in [6, 6.07) is 4.44. The minimum atomic E-state index is -0.757. The Morgan fingerprint density at radius 1 is 1.56 bits per heavy atom. The third kappa shape index (κ3) is 3.04. The summed E-state index contributed by atoms with van der Waals surface area (Å²) in [6.07, 6.45) is 2.08. The third-order valence-electron chi connectivity index (χ3n) is 3.01. The summed E-state index contributed by atoms with van der Waals surface area (Å²) in [5.74, 6) is 0. The monoisotopic (exact) mass is 241 g/mol. The van der Waals surface area contributed by atoms with Crippen molar-refractivity contribution in [3.8, 4) is 0 Å². The Kier molecular flexibility index (Phi) is 3.97. The van der Waals surface area contributed by atoms with Crippen LogP contribution in [-0.4, -0.2) is 30.9 Å². The van der Waals surface area contributed by atoms with E-state index in [-0.39, 0.29) is 0 Å². The van der Waals surface area contributed by atoms with Gasteiger partial charge in [0, 0.05) is 30.7 Å². The number of thiophene rings is 1. The molecular weight excluding hydrogens is 222 g/mol. The van der Waals surface area contributed by atoms with Crippen LogP contribution in [0.3, 0.4) is 0 Å². The summed E-state index contributed by atoms with van der Waals surface area (Å²) in [7, 11) is 0. The van der Waals surface area contributed by atoms with Crippen LogP contribution in [0.1, 0.15) is 24.6 Å². The highest BCUT2D eigenvalue weighted by Gasteiger charge is 2.25. The van der Waals surface area contributed by atoms with Gasteiger partial charge in [-0.15, -0.1) is 11.3 Å². The first kappa shape index (κ1) is 12.0. The van der Waals surface area contributed by atoms with Gasteiger partial charge in [-0.2, -0.15) is 0 Å². The second-order valence-electron chi connectivity index (χ2n) is 4.52. The molecule has 2 N–H and O–H groups in total. The van der Waals surface area contributed by atoms with Crippen LogP contribution in [0.25, 0.3) is 0 Å². The first-order valence-corrected chi connectivity index (χ1v) is 6.64. The molecule has 0 saturated carbocycles. The average Bonchev–Trinajstić information content (AvgIpc) is 2.82. The lowest BCUT2D eigenvalue weighted by molar-refractivity contribution is 0.0407. The summed E-state index contributed by atoms with van der Waals surface area (Å²) < 4.78 is 5.30. The van der Waals surface area contributed by atoms with Crippen LogP contribution in [0.2, 0.25) is 0 Å². The van der Waals surface area contributed by atoms with Crippen LogP contribution in [0.5, 0.6) is 0 Å². The predicted molar refractivity (Wildman–Crippen MR) is 65.7 cm³/mol. The van der Waals surface area contributed by atoms with Crippen LogP contribution < -0.4 is 5.32 Å². The number of ether oxygens (including phenoxy) is 1. The lowest BCUT2D eigenvalue weighted by Crippen LogP contribution is -2.42. The van der Waals surface area contributed by atoms with Gasteiger partial charge in [-0.05, 0) is 31.2 Å². The van der Waals surface area contributed by atoms with Gasteiger partial charge in [-0.3, -0.25) is 0 Å². The second kappa shape index (κ2) is 5.27. The van der Waals surface area contributed by atoms with E-state index < -0.39 is 5.60 Å². The molecule has 1 aliphatic heterocycles. The molecule has 1 saturated heterocycles. The highest BCUT2D eigenvalue weighted by Crippen LogP contribution is 2.24. The summed E-state index contributed by atoms with van der Waals surface area (Å²) >= 11 is 1.60. The van der Waals surface area contributed by atoms with Crippen molar-refractivity contribution in [2.75, 3.05) is 19.8 Å². The number of hydrogen-bond donors (Lipinski definition) is 2. The van der Waals surface area contributed by atoms with Gasteiger partial charge in [0.1, 0.15) is 5.60 Å². The van der Waals surface area contributed by atoms with E-state index in [4.69, 9.17) is 4.74 Å². The molecule has 1 aromatic rings. The summed E-state index contributed by atoms with van der Waals surface area (Å²) in [5, 5.41) is 15.7. The average molecular weight is 241 g/mol. The third-order valence-corrected chi connectivity index (χ3v) is 4.13. The first-order valence-electron chi connectivity index (χ1n) is 5.76. The highest BCUT2D eigenvalue weighted by atomic mass is 32.1. The summed E-state index contributed by atoms with van der Waals surface area (Å²) in [5.41, 5.74) is -0.757. The Morgan fingerprint density at radius 3 is 2.94 bits per heavy atom. The lowest BCUT2D eigenvalue weighted by atomic mass is 10.0. The van der Waals surface area contributed by atoms with E-state index in [9.17, 15) is 5.11 Å². The number of hydrogen-bond acceptors (Lipinski definition) is 4. The van der Waals surface area contributed by atoms with Gasteiger partial charge in [0.15, 0.2) is 0 Å². The Bertz CT molecular complexity index is 305. The maximum atomic E-state index is 10.3. The smallest absolute Gasteiger partial charge is 0.108 e. The Balaban J connectivity index is 1.84. The van der Waals surface area contributed by atoms with Gasteiger partial charge < -0.3 is 15.2 Å². The zero-order valence-electron chi connectivity index (χ0n) is 9.61. The van der Waals surface area contributed by atoms with Gasteiger partial charge in [-0.1, -0.05) is 6.07 Å². The highest BCUT2D eigenvalue weighted by molar-refractivity contribution is 7.10. The molecule has 0 aromatic carbocycles. The number of rotatable bonds is 4. The molecule has 0 radical (unpaired) electrons. The van der Waals surface area contributed by atoms with Crippen LogP contribution in [0.15, 0.2) is 17.5 Å². The van der Waals surface area contributed by atoms with E-state index in [0.29, 0.717) is 12.6 Å². The van der Waals surface area contributed by atoms with E-state index in [1.54, 1.807) is 11.3 Å². The molecule has 1 aromatic heterocycles. The quantitative estimate of drug-likeness (QED) is 0.843. The molecule has 2 heterocycles. The van der Waals surface area contributed by atoms with Crippen LogP contribution in [0.4, 0.5) is 0 Å². The van der Waals surface area contributed by atoms with E-state index in [1.165, 1.54) is 0 Å². The van der Waals surface area contributed by atoms with Crippen LogP contribution >= 0.6 is 11.3 Å². The Morgan fingerprint density at radius 2 is 2.31 bits per heavy atom. The maximum absolute atomic E-state index is 10.3. The molecule has 0 amide bonds. The van der Waals surface area contributed by atoms with Crippen molar-refractivity contribution in [1.29, 1.82) is 0 Å². The van der Waals surface area contributed by atoms with Crippen molar-refractivity contribution in [3.05, 3.63) is 22.4 Å². The van der Waals surface area contributed by atoms with Crippen molar-refractivity contribution in [3.63, 3.8) is 0 Å². The fraction of sp³-hybridized carbons (Fsp3) is 0.667. The van der Waals surface area contributed by atoms with Crippen molar-refractivity contribution >= 4 is 11.3 Å². The minimum Gasteiger partial charge on any atom is -0.383 e. The molecule has 90 valence electrons. The molecular formula is C12H19NO2S. The molecule has 1 aliphatic rings. The first-order chi connectivity index (χ1) is 7.68. The number of aliphatic hydroxyl groups is 1.